The lowest BCUT2D eigenvalue weighted by molar-refractivity contribution is -0.873. The number of alkyl halides is 6. The number of esters is 1. The number of halogens is 6. The molecule has 0 amide bonds. The molecule has 8 nitrogen and oxygen atoms in total. The zero-order chi connectivity index (χ0) is 25.8. The number of nitrogens with zero attached hydrogens (tertiary/aromatic N) is 2. The molecule has 0 bridgehead atoms. The van der Waals surface area contributed by atoms with E-state index in [1.807, 2.05) is 24.5 Å². The summed E-state index contributed by atoms with van der Waals surface area (Å²) in [6.45, 7) is 2.11. The number of carbonyl (C=O) groups excluding carboxylic acids is 3. The Balaban J connectivity index is 0. The van der Waals surface area contributed by atoms with Gasteiger partial charge in [0.05, 0.1) is 47.6 Å². The lowest BCUT2D eigenvalue weighted by Gasteiger charge is -2.22. The number of quaternary nitrogens is 1. The van der Waals surface area contributed by atoms with Crippen LogP contribution in [0, 0.1) is 0 Å². The molecular weight excluding hydrogens is 454 g/mol. The number of methoxy groups -OCH3 is 1. The van der Waals surface area contributed by atoms with Crippen molar-refractivity contribution >= 4 is 17.9 Å². The molecular formula is C18H24F6N2O6. The fourth-order valence-electron chi connectivity index (χ4n) is 1.79. The average Bonchev–Trinajstić information content (AvgIpc) is 2.60. The van der Waals surface area contributed by atoms with Gasteiger partial charge >= 0.3 is 18.3 Å². The fourth-order valence-corrected chi connectivity index (χ4v) is 1.79. The van der Waals surface area contributed by atoms with Crippen LogP contribution in [0.5, 0.6) is 0 Å². The number of aliphatic carboxylic acids is 2. The molecule has 14 heteroatoms. The summed E-state index contributed by atoms with van der Waals surface area (Å²) in [6, 6.07) is 3.93. The van der Waals surface area contributed by atoms with Gasteiger partial charge in [-0.15, -0.1) is 0 Å². The van der Waals surface area contributed by atoms with Gasteiger partial charge in [-0.1, -0.05) is 0 Å². The maximum atomic E-state index is 11.2. The standard InChI is InChI=1S/C14H24N2O2.2C2HF3O2/c1-16(2,3)10-6-9-15-8-5-7-13(12-15)11-14(17)18-4;2*3-2(4,5)1(6)7/h5,7-8,12H,6,9-11H2,1-4H3;2*(H,6,7)/q+2;;/p-2. The third-order valence-electron chi connectivity index (χ3n) is 3.20. The number of pyridine rings is 1. The number of rotatable bonds is 6. The van der Waals surface area contributed by atoms with Crippen LogP contribution in [0.3, 0.4) is 0 Å². The predicted molar refractivity (Wildman–Crippen MR) is 92.0 cm³/mol. The Morgan fingerprint density at radius 1 is 1.00 bits per heavy atom. The Bertz CT molecular complexity index is 721. The highest BCUT2D eigenvalue weighted by Crippen LogP contribution is 2.12. The van der Waals surface area contributed by atoms with Crippen LogP contribution in [0.1, 0.15) is 12.0 Å². The van der Waals surface area contributed by atoms with Crippen LogP contribution < -0.4 is 14.8 Å². The van der Waals surface area contributed by atoms with E-state index in [0.29, 0.717) is 6.42 Å². The smallest absolute Gasteiger partial charge is 0.430 e. The van der Waals surface area contributed by atoms with Crippen molar-refractivity contribution in [3.05, 3.63) is 30.1 Å². The summed E-state index contributed by atoms with van der Waals surface area (Å²) in [7, 11) is 8.00. The molecule has 0 aliphatic carbocycles. The molecule has 1 aromatic heterocycles. The summed E-state index contributed by atoms with van der Waals surface area (Å²) in [5.74, 6) is -6.21. The van der Waals surface area contributed by atoms with Crippen LogP contribution >= 0.6 is 0 Å². The van der Waals surface area contributed by atoms with Crippen molar-refractivity contribution in [2.75, 3.05) is 34.8 Å². The molecule has 0 unspecified atom stereocenters. The molecule has 1 heterocycles. The lowest BCUT2D eigenvalue weighted by Crippen LogP contribution is -2.40. The summed E-state index contributed by atoms with van der Waals surface area (Å²) < 4.78 is 70.9. The van der Waals surface area contributed by atoms with E-state index in [4.69, 9.17) is 19.8 Å². The first-order valence-electron chi connectivity index (χ1n) is 8.71. The third kappa shape index (κ3) is 17.9. The van der Waals surface area contributed by atoms with Crippen molar-refractivity contribution in [2.45, 2.75) is 31.7 Å². The molecule has 1 aromatic rings. The monoisotopic (exact) mass is 478 g/mol. The third-order valence-corrected chi connectivity index (χ3v) is 3.20. The molecule has 0 aromatic carbocycles. The molecule has 0 aliphatic rings. The average molecular weight is 478 g/mol. The van der Waals surface area contributed by atoms with Gasteiger partial charge in [-0.05, 0) is 6.07 Å². The largest absolute Gasteiger partial charge is 0.542 e. The van der Waals surface area contributed by atoms with Gasteiger partial charge in [-0.25, -0.2) is 4.57 Å². The Labute approximate surface area is 180 Å². The quantitative estimate of drug-likeness (QED) is 0.233. The lowest BCUT2D eigenvalue weighted by atomic mass is 10.2. The zero-order valence-corrected chi connectivity index (χ0v) is 17.7. The van der Waals surface area contributed by atoms with Gasteiger partial charge in [0.15, 0.2) is 18.9 Å². The Kier molecular flexibility index (Phi) is 13.2. The van der Waals surface area contributed by atoms with Crippen LogP contribution in [0.15, 0.2) is 24.5 Å². The molecule has 0 atom stereocenters. The van der Waals surface area contributed by atoms with E-state index in [9.17, 15) is 31.1 Å². The second-order valence-corrected chi connectivity index (χ2v) is 7.14. The Hall–Kier alpha value is -2.90. The summed E-state index contributed by atoms with van der Waals surface area (Å²) in [6.07, 6.45) is -4.87. The van der Waals surface area contributed by atoms with Crippen LogP contribution in [-0.2, 0) is 32.1 Å². The van der Waals surface area contributed by atoms with Gasteiger partial charge in [0.2, 0.25) is 0 Å². The van der Waals surface area contributed by atoms with Gasteiger partial charge in [0, 0.05) is 11.6 Å². The van der Waals surface area contributed by atoms with Crippen molar-refractivity contribution in [3.63, 3.8) is 0 Å². The van der Waals surface area contributed by atoms with Crippen molar-refractivity contribution < 1.29 is 64.7 Å². The summed E-state index contributed by atoms with van der Waals surface area (Å²) in [4.78, 5) is 28.8. The molecule has 184 valence electrons. The van der Waals surface area contributed by atoms with Crippen LogP contribution in [0.4, 0.5) is 26.3 Å². The first kappa shape index (κ1) is 31.3. The number of carbonyl (C=O) groups is 3. The summed E-state index contributed by atoms with van der Waals surface area (Å²) in [5, 5.41) is 17.6. The highest BCUT2D eigenvalue weighted by Gasteiger charge is 2.29. The molecule has 0 saturated heterocycles. The summed E-state index contributed by atoms with van der Waals surface area (Å²) in [5.41, 5.74) is 0.995. The number of carboxylic acid groups (broad SMARTS) is 2. The Morgan fingerprint density at radius 2 is 1.44 bits per heavy atom. The molecule has 0 N–H and O–H groups in total. The van der Waals surface area contributed by atoms with E-state index in [-0.39, 0.29) is 5.97 Å². The Morgan fingerprint density at radius 3 is 1.78 bits per heavy atom. The molecule has 0 aliphatic heterocycles. The van der Waals surface area contributed by atoms with Crippen LogP contribution in [-0.4, -0.2) is 69.5 Å². The molecule has 0 fully saturated rings. The highest BCUT2D eigenvalue weighted by atomic mass is 19.4. The van der Waals surface area contributed by atoms with Gasteiger partial charge in [-0.3, -0.25) is 4.79 Å². The minimum absolute atomic E-state index is 0.195. The van der Waals surface area contributed by atoms with E-state index in [1.54, 1.807) is 0 Å². The first-order valence-corrected chi connectivity index (χ1v) is 8.71. The SMILES string of the molecule is COC(=O)Cc1ccc[n+](CCC[N+](C)(C)C)c1.O=C([O-])C(F)(F)F.O=C([O-])C(F)(F)F. The maximum absolute atomic E-state index is 11.2. The topological polar surface area (TPSA) is 110 Å². The maximum Gasteiger partial charge on any atom is 0.430 e. The number of ether oxygens (including phenoxy) is 1. The highest BCUT2D eigenvalue weighted by molar-refractivity contribution is 5.72. The summed E-state index contributed by atoms with van der Waals surface area (Å²) >= 11 is 0. The van der Waals surface area contributed by atoms with E-state index >= 15 is 0 Å². The molecule has 1 rings (SSSR count). The second-order valence-electron chi connectivity index (χ2n) is 7.14. The van der Waals surface area contributed by atoms with Crippen molar-refractivity contribution in [3.8, 4) is 0 Å². The van der Waals surface area contributed by atoms with Gasteiger partial charge in [0.1, 0.15) is 11.9 Å². The number of carboxylic acids is 2. The van der Waals surface area contributed by atoms with Gasteiger partial charge < -0.3 is 29.0 Å². The van der Waals surface area contributed by atoms with E-state index in [0.717, 1.165) is 29.6 Å². The number of hydrogen-bond acceptors (Lipinski definition) is 6. The minimum Gasteiger partial charge on any atom is -0.542 e. The zero-order valence-electron chi connectivity index (χ0n) is 17.7. The van der Waals surface area contributed by atoms with E-state index in [2.05, 4.69) is 30.4 Å². The second kappa shape index (κ2) is 13.5. The van der Waals surface area contributed by atoms with Crippen molar-refractivity contribution in [1.29, 1.82) is 0 Å². The predicted octanol–water partition coefficient (Wildman–Crippen LogP) is -0.617. The van der Waals surface area contributed by atoms with Crippen LogP contribution in [0.2, 0.25) is 0 Å². The molecule has 32 heavy (non-hydrogen) atoms. The number of aryl methyl sites for hydroxylation is 1. The minimum atomic E-state index is -5.19. The van der Waals surface area contributed by atoms with Crippen molar-refractivity contribution in [1.82, 2.24) is 0 Å². The fraction of sp³-hybridized carbons (Fsp3) is 0.556. The molecule has 0 saturated carbocycles. The first-order chi connectivity index (χ1) is 14.3. The number of aromatic nitrogens is 1. The van der Waals surface area contributed by atoms with Gasteiger partial charge in [-0.2, -0.15) is 26.3 Å². The van der Waals surface area contributed by atoms with E-state index < -0.39 is 24.3 Å². The van der Waals surface area contributed by atoms with Crippen molar-refractivity contribution in [2.24, 2.45) is 0 Å². The van der Waals surface area contributed by atoms with Gasteiger partial charge in [0.25, 0.3) is 0 Å². The molecule has 0 spiro atoms. The molecule has 0 radical (unpaired) electrons. The van der Waals surface area contributed by atoms with E-state index in [1.165, 1.54) is 7.11 Å². The number of hydrogen-bond donors (Lipinski definition) is 0. The van der Waals surface area contributed by atoms with Crippen LogP contribution in [0.25, 0.3) is 0 Å². The normalized spacial score (nSPS) is 11.3.